The summed E-state index contributed by atoms with van der Waals surface area (Å²) in [6.07, 6.45) is 0.285. The molecule has 2 N–H and O–H groups in total. The monoisotopic (exact) mass is 609 g/mol. The Morgan fingerprint density at radius 2 is 1.77 bits per heavy atom. The molecular formula is C29H35N7O8. The normalized spacial score (nSPS) is 14.3. The number of rotatable bonds is 7. The number of amides is 3. The first kappa shape index (κ1) is 31.7. The fourth-order valence-corrected chi connectivity index (χ4v) is 4.08. The highest BCUT2D eigenvalue weighted by Gasteiger charge is 2.32. The van der Waals surface area contributed by atoms with Gasteiger partial charge >= 0.3 is 18.2 Å². The summed E-state index contributed by atoms with van der Waals surface area (Å²) in [5.41, 5.74) is 0.623. The van der Waals surface area contributed by atoms with Crippen molar-refractivity contribution in [3.8, 4) is 22.7 Å². The summed E-state index contributed by atoms with van der Waals surface area (Å²) in [7, 11) is 0. The number of phenolic OH excluding ortho intramolecular Hbond substituents is 1. The minimum absolute atomic E-state index is 0.0386. The number of aromatic nitrogens is 4. The predicted octanol–water partition coefficient (Wildman–Crippen LogP) is 3.71. The Balaban J connectivity index is 1.58. The van der Waals surface area contributed by atoms with Crippen LogP contribution in [0.15, 0.2) is 42.7 Å². The summed E-state index contributed by atoms with van der Waals surface area (Å²) < 4.78 is 17.0. The van der Waals surface area contributed by atoms with Crippen LogP contribution in [-0.4, -0.2) is 85.6 Å². The molecule has 44 heavy (non-hydrogen) atoms. The summed E-state index contributed by atoms with van der Waals surface area (Å²) in [5, 5.41) is 25.5. The van der Waals surface area contributed by atoms with Gasteiger partial charge in [0.15, 0.2) is 5.82 Å². The fraction of sp³-hybridized carbons (Fsp3) is 0.414. The first-order valence-electron chi connectivity index (χ1n) is 13.9. The standard InChI is InChI=1S/C29H35N7O8/c1-17(2)26(39)42-18(3)43-27(40)31-25-22(13-21(32-33-25)20-9-7-8-10-23(20)37)36-15-19(14-30-36)35-12-11-34(16-24(35)38)28(41)44-29(4,5)6/h7-10,13-15,17-18,37H,11-12,16H2,1-6H3,(H,31,33,40). The Bertz CT molecular complexity index is 1550. The van der Waals surface area contributed by atoms with Gasteiger partial charge in [0, 0.05) is 25.6 Å². The molecule has 15 heteroatoms. The third kappa shape index (κ3) is 7.79. The number of carbonyl (C=O) groups excluding carboxylic acids is 4. The molecule has 15 nitrogen and oxygen atoms in total. The van der Waals surface area contributed by atoms with Crippen LogP contribution in [0.1, 0.15) is 41.5 Å². The molecule has 0 saturated carbocycles. The topological polar surface area (TPSA) is 178 Å². The van der Waals surface area contributed by atoms with Gasteiger partial charge in [0.1, 0.15) is 23.6 Å². The molecule has 2 aromatic heterocycles. The summed E-state index contributed by atoms with van der Waals surface area (Å²) in [4.78, 5) is 52.8. The van der Waals surface area contributed by atoms with Crippen LogP contribution >= 0.6 is 0 Å². The number of carbonyl (C=O) groups is 4. The van der Waals surface area contributed by atoms with Crippen molar-refractivity contribution < 1.29 is 38.5 Å². The minimum atomic E-state index is -1.18. The van der Waals surface area contributed by atoms with E-state index in [2.05, 4.69) is 20.6 Å². The Labute approximate surface area is 253 Å². The molecule has 1 atom stereocenters. The van der Waals surface area contributed by atoms with Crippen molar-refractivity contribution in [2.75, 3.05) is 29.9 Å². The first-order valence-corrected chi connectivity index (χ1v) is 13.9. The fourth-order valence-electron chi connectivity index (χ4n) is 4.08. The van der Waals surface area contributed by atoms with Gasteiger partial charge in [-0.25, -0.2) is 14.3 Å². The lowest BCUT2D eigenvalue weighted by molar-refractivity contribution is -0.168. The van der Waals surface area contributed by atoms with E-state index in [0.29, 0.717) is 11.3 Å². The van der Waals surface area contributed by atoms with Gasteiger partial charge < -0.3 is 24.2 Å². The Kier molecular flexibility index (Phi) is 9.35. The molecule has 234 valence electrons. The van der Waals surface area contributed by atoms with Crippen LogP contribution in [-0.2, 0) is 23.8 Å². The number of esters is 1. The van der Waals surface area contributed by atoms with Gasteiger partial charge in [0.25, 0.3) is 0 Å². The van der Waals surface area contributed by atoms with E-state index < -0.39 is 36.0 Å². The molecule has 3 heterocycles. The summed E-state index contributed by atoms with van der Waals surface area (Å²) in [6, 6.07) is 8.06. The molecule has 1 saturated heterocycles. The van der Waals surface area contributed by atoms with E-state index in [1.165, 1.54) is 33.7 Å². The number of nitrogens with one attached hydrogen (secondary N) is 1. The SMILES string of the molecule is CC(OC(=O)Nc1nnc(-c2ccccc2O)cc1-n1cc(N2CCN(C(=O)OC(C)(C)C)CC2=O)cn1)OC(=O)C(C)C. The van der Waals surface area contributed by atoms with E-state index in [4.69, 9.17) is 14.2 Å². The predicted molar refractivity (Wildman–Crippen MR) is 157 cm³/mol. The van der Waals surface area contributed by atoms with Crippen molar-refractivity contribution >= 4 is 35.6 Å². The maximum absolute atomic E-state index is 13.0. The van der Waals surface area contributed by atoms with Gasteiger partial charge in [-0.1, -0.05) is 26.0 Å². The third-order valence-electron chi connectivity index (χ3n) is 6.20. The molecule has 1 aromatic carbocycles. The van der Waals surface area contributed by atoms with Crippen molar-refractivity contribution in [2.24, 2.45) is 5.92 Å². The zero-order valence-electron chi connectivity index (χ0n) is 25.3. The highest BCUT2D eigenvalue weighted by molar-refractivity contribution is 5.97. The summed E-state index contributed by atoms with van der Waals surface area (Å²) in [5.74, 6) is -1.39. The van der Waals surface area contributed by atoms with Crippen LogP contribution < -0.4 is 10.2 Å². The molecule has 1 aliphatic rings. The molecule has 0 spiro atoms. The Morgan fingerprint density at radius 1 is 1.05 bits per heavy atom. The average Bonchev–Trinajstić information content (AvgIpc) is 3.42. The van der Waals surface area contributed by atoms with Gasteiger partial charge in [0.2, 0.25) is 12.2 Å². The van der Waals surface area contributed by atoms with Crippen molar-refractivity contribution in [3.63, 3.8) is 0 Å². The zero-order chi connectivity index (χ0) is 32.2. The van der Waals surface area contributed by atoms with Crippen LogP contribution in [0.5, 0.6) is 5.75 Å². The zero-order valence-corrected chi connectivity index (χ0v) is 25.3. The number of hydrogen-bond acceptors (Lipinski definition) is 11. The van der Waals surface area contributed by atoms with Crippen molar-refractivity contribution in [1.29, 1.82) is 0 Å². The molecular weight excluding hydrogens is 574 g/mol. The Hall–Kier alpha value is -5.21. The minimum Gasteiger partial charge on any atom is -0.507 e. The Morgan fingerprint density at radius 3 is 2.43 bits per heavy atom. The number of phenols is 1. The van der Waals surface area contributed by atoms with Gasteiger partial charge in [-0.15, -0.1) is 10.2 Å². The highest BCUT2D eigenvalue weighted by Crippen LogP contribution is 2.30. The van der Waals surface area contributed by atoms with E-state index >= 15 is 0 Å². The lowest BCUT2D eigenvalue weighted by atomic mass is 10.1. The van der Waals surface area contributed by atoms with E-state index in [1.807, 2.05) is 0 Å². The molecule has 3 aromatic rings. The quantitative estimate of drug-likeness (QED) is 0.295. The van der Waals surface area contributed by atoms with E-state index in [1.54, 1.807) is 65.1 Å². The number of ether oxygens (including phenoxy) is 3. The molecule has 1 fully saturated rings. The van der Waals surface area contributed by atoms with Crippen LogP contribution in [0, 0.1) is 5.92 Å². The van der Waals surface area contributed by atoms with Gasteiger partial charge in [-0.05, 0) is 39.0 Å². The molecule has 1 aliphatic heterocycles. The van der Waals surface area contributed by atoms with Gasteiger partial charge in [-0.3, -0.25) is 19.8 Å². The number of hydrogen-bond donors (Lipinski definition) is 2. The second-order valence-electron chi connectivity index (χ2n) is 11.3. The smallest absolute Gasteiger partial charge is 0.416 e. The lowest BCUT2D eigenvalue weighted by Crippen LogP contribution is -2.53. The van der Waals surface area contributed by atoms with Crippen LogP contribution in [0.4, 0.5) is 21.1 Å². The van der Waals surface area contributed by atoms with E-state index in [-0.39, 0.29) is 48.5 Å². The van der Waals surface area contributed by atoms with E-state index in [0.717, 1.165) is 0 Å². The van der Waals surface area contributed by atoms with Crippen LogP contribution in [0.2, 0.25) is 0 Å². The maximum Gasteiger partial charge on any atom is 0.416 e. The molecule has 3 amide bonds. The number of anilines is 2. The molecule has 0 radical (unpaired) electrons. The highest BCUT2D eigenvalue weighted by atomic mass is 16.7. The number of nitrogens with zero attached hydrogens (tertiary/aromatic N) is 6. The summed E-state index contributed by atoms with van der Waals surface area (Å²) in [6.45, 7) is 10.2. The van der Waals surface area contributed by atoms with Crippen LogP contribution in [0.3, 0.4) is 0 Å². The summed E-state index contributed by atoms with van der Waals surface area (Å²) >= 11 is 0. The van der Waals surface area contributed by atoms with Crippen molar-refractivity contribution in [1.82, 2.24) is 24.9 Å². The molecule has 4 rings (SSSR count). The second kappa shape index (κ2) is 13.0. The molecule has 0 bridgehead atoms. The second-order valence-corrected chi connectivity index (χ2v) is 11.3. The van der Waals surface area contributed by atoms with Crippen molar-refractivity contribution in [3.05, 3.63) is 42.7 Å². The average molecular weight is 610 g/mol. The number of piperazine rings is 1. The number of aromatic hydroxyl groups is 1. The van der Waals surface area contributed by atoms with Gasteiger partial charge in [0.05, 0.1) is 29.7 Å². The maximum atomic E-state index is 13.0. The number of benzene rings is 1. The van der Waals surface area contributed by atoms with Crippen molar-refractivity contribution in [2.45, 2.75) is 53.4 Å². The molecule has 1 unspecified atom stereocenters. The largest absolute Gasteiger partial charge is 0.507 e. The van der Waals surface area contributed by atoms with Gasteiger partial charge in [-0.2, -0.15) is 5.10 Å². The van der Waals surface area contributed by atoms with E-state index in [9.17, 15) is 24.3 Å². The number of para-hydroxylation sites is 1. The molecule has 0 aliphatic carbocycles. The lowest BCUT2D eigenvalue weighted by Gasteiger charge is -2.34. The van der Waals surface area contributed by atoms with Crippen LogP contribution in [0.25, 0.3) is 16.9 Å². The first-order chi connectivity index (χ1) is 20.7. The third-order valence-corrected chi connectivity index (χ3v) is 6.20.